The van der Waals surface area contributed by atoms with Gasteiger partial charge >= 0.3 is 4.87 Å². The van der Waals surface area contributed by atoms with Gasteiger partial charge in [0.15, 0.2) is 0 Å². The highest BCUT2D eigenvalue weighted by atomic mass is 32.1. The minimum atomic E-state index is -0.136. The van der Waals surface area contributed by atoms with E-state index in [-0.39, 0.29) is 10.8 Å². The third-order valence-corrected chi connectivity index (χ3v) is 5.77. The molecule has 0 atom stereocenters. The van der Waals surface area contributed by atoms with E-state index < -0.39 is 0 Å². The Morgan fingerprint density at radius 2 is 2.17 bits per heavy atom. The number of aryl methyl sites for hydroxylation is 1. The second kappa shape index (κ2) is 6.22. The summed E-state index contributed by atoms with van der Waals surface area (Å²) in [6.45, 7) is 0.484. The molecule has 1 aromatic carbocycles. The van der Waals surface area contributed by atoms with Crippen LogP contribution < -0.4 is 15.3 Å². The number of hydrogen-bond acceptors (Lipinski definition) is 5. The first-order valence-electron chi connectivity index (χ1n) is 7.52. The SMILES string of the molecule is O=c1sc(C=c2cccc3c2=CC=N3)c(O)n1CCc1cccs1. The Bertz CT molecular complexity index is 1090. The molecule has 6 heteroatoms. The molecule has 120 valence electrons. The molecule has 1 N–H and O–H groups in total. The van der Waals surface area contributed by atoms with Gasteiger partial charge in [-0.1, -0.05) is 29.5 Å². The Hall–Kier alpha value is -2.44. The molecule has 3 aromatic rings. The van der Waals surface area contributed by atoms with Crippen molar-refractivity contribution in [1.82, 2.24) is 4.57 Å². The fraction of sp³-hybridized carbons (Fsp3) is 0.111. The van der Waals surface area contributed by atoms with Gasteiger partial charge in [-0.2, -0.15) is 0 Å². The summed E-state index contributed by atoms with van der Waals surface area (Å²) in [7, 11) is 0. The first kappa shape index (κ1) is 15.1. The van der Waals surface area contributed by atoms with Crippen molar-refractivity contribution in [3.63, 3.8) is 0 Å². The number of fused-ring (bicyclic) bond motifs is 1. The van der Waals surface area contributed by atoms with Crippen LogP contribution in [0.3, 0.4) is 0 Å². The highest BCUT2D eigenvalue weighted by molar-refractivity contribution is 7.10. The number of thiophene rings is 1. The summed E-state index contributed by atoms with van der Waals surface area (Å²) in [5.74, 6) is 0.0399. The molecule has 0 spiro atoms. The Balaban J connectivity index is 1.71. The molecule has 3 heterocycles. The molecule has 0 bridgehead atoms. The Kier molecular flexibility index (Phi) is 3.92. The summed E-state index contributed by atoms with van der Waals surface area (Å²) in [6.07, 6.45) is 6.29. The summed E-state index contributed by atoms with van der Waals surface area (Å²) in [4.78, 5) is 18.1. The van der Waals surface area contributed by atoms with Crippen LogP contribution in [0.25, 0.3) is 12.2 Å². The molecular formula is C18H14N2O2S2. The maximum Gasteiger partial charge on any atom is 0.310 e. The molecule has 1 aliphatic rings. The lowest BCUT2D eigenvalue weighted by atomic mass is 10.2. The first-order chi connectivity index (χ1) is 11.7. The van der Waals surface area contributed by atoms with Gasteiger partial charge in [0, 0.05) is 22.9 Å². The van der Waals surface area contributed by atoms with Crippen LogP contribution in [0.2, 0.25) is 0 Å². The number of aliphatic imine (C=N–C) groups is 1. The number of aromatic hydroxyl groups is 1. The first-order valence-corrected chi connectivity index (χ1v) is 9.22. The summed E-state index contributed by atoms with van der Waals surface area (Å²) < 4.78 is 1.44. The lowest BCUT2D eigenvalue weighted by molar-refractivity contribution is 0.412. The van der Waals surface area contributed by atoms with E-state index in [4.69, 9.17) is 0 Å². The molecule has 0 fully saturated rings. The van der Waals surface area contributed by atoms with Crippen LogP contribution in [-0.2, 0) is 13.0 Å². The zero-order valence-corrected chi connectivity index (χ0v) is 14.3. The van der Waals surface area contributed by atoms with Gasteiger partial charge in [0.2, 0.25) is 5.88 Å². The van der Waals surface area contributed by atoms with Gasteiger partial charge in [-0.25, -0.2) is 0 Å². The lowest BCUT2D eigenvalue weighted by Crippen LogP contribution is -2.22. The van der Waals surface area contributed by atoms with Crippen molar-refractivity contribution in [3.8, 4) is 5.88 Å². The van der Waals surface area contributed by atoms with Crippen LogP contribution >= 0.6 is 22.7 Å². The molecule has 0 unspecified atom stereocenters. The lowest BCUT2D eigenvalue weighted by Gasteiger charge is -2.02. The van der Waals surface area contributed by atoms with Crippen LogP contribution in [0, 0.1) is 0 Å². The highest BCUT2D eigenvalue weighted by Gasteiger charge is 2.12. The van der Waals surface area contributed by atoms with Crippen molar-refractivity contribution in [2.75, 3.05) is 0 Å². The van der Waals surface area contributed by atoms with Crippen LogP contribution in [0.1, 0.15) is 9.75 Å². The zero-order valence-electron chi connectivity index (χ0n) is 12.7. The van der Waals surface area contributed by atoms with E-state index in [0.717, 1.165) is 33.9 Å². The normalized spacial score (nSPS) is 13.2. The standard InChI is InChI=1S/C18H14N2O2S2/c21-17-16(11-12-3-1-5-15-14(12)6-8-19-15)24-18(22)20(17)9-7-13-4-2-10-23-13/h1-6,8,10-11,21H,7,9H2. The number of aromatic nitrogens is 1. The Morgan fingerprint density at radius 1 is 1.25 bits per heavy atom. The second-order valence-electron chi connectivity index (χ2n) is 5.41. The largest absolute Gasteiger partial charge is 0.493 e. The van der Waals surface area contributed by atoms with Crippen LogP contribution in [0.15, 0.2) is 45.5 Å². The van der Waals surface area contributed by atoms with Gasteiger partial charge in [0.25, 0.3) is 0 Å². The van der Waals surface area contributed by atoms with E-state index in [2.05, 4.69) is 4.99 Å². The van der Waals surface area contributed by atoms with Crippen molar-refractivity contribution >= 4 is 46.7 Å². The van der Waals surface area contributed by atoms with Crippen molar-refractivity contribution in [2.24, 2.45) is 4.99 Å². The number of benzene rings is 1. The quantitative estimate of drug-likeness (QED) is 0.781. The third-order valence-electron chi connectivity index (χ3n) is 3.91. The summed E-state index contributed by atoms with van der Waals surface area (Å²) in [6, 6.07) is 9.86. The Labute approximate surface area is 146 Å². The number of nitrogens with zero attached hydrogens (tertiary/aromatic N) is 2. The number of thiazole rings is 1. The van der Waals surface area contributed by atoms with Crippen LogP contribution in [0.4, 0.5) is 5.69 Å². The van der Waals surface area contributed by atoms with Crippen LogP contribution in [-0.4, -0.2) is 15.9 Å². The van der Waals surface area contributed by atoms with Crippen LogP contribution in [0.5, 0.6) is 5.88 Å². The fourth-order valence-corrected chi connectivity index (χ4v) is 4.27. The van der Waals surface area contributed by atoms with Gasteiger partial charge < -0.3 is 5.11 Å². The monoisotopic (exact) mass is 354 g/mol. The minimum Gasteiger partial charge on any atom is -0.493 e. The minimum absolute atomic E-state index is 0.0399. The molecule has 2 aromatic heterocycles. The van der Waals surface area contributed by atoms with Gasteiger partial charge in [0.05, 0.1) is 10.6 Å². The average molecular weight is 354 g/mol. The summed E-state index contributed by atoms with van der Waals surface area (Å²) in [5, 5.41) is 14.4. The second-order valence-corrected chi connectivity index (χ2v) is 7.43. The smallest absolute Gasteiger partial charge is 0.310 e. The molecule has 4 rings (SSSR count). The fourth-order valence-electron chi connectivity index (χ4n) is 2.71. The van der Waals surface area contributed by atoms with Crippen molar-refractivity contribution in [3.05, 3.63) is 65.6 Å². The third kappa shape index (κ3) is 2.74. The molecule has 0 aliphatic carbocycles. The van der Waals surface area contributed by atoms with Crippen molar-refractivity contribution < 1.29 is 5.11 Å². The van der Waals surface area contributed by atoms with Gasteiger partial charge in [0.1, 0.15) is 0 Å². The van der Waals surface area contributed by atoms with E-state index in [9.17, 15) is 9.90 Å². The zero-order chi connectivity index (χ0) is 16.5. The summed E-state index contributed by atoms with van der Waals surface area (Å²) >= 11 is 2.73. The molecular weight excluding hydrogens is 340 g/mol. The summed E-state index contributed by atoms with van der Waals surface area (Å²) in [5.41, 5.74) is 0.910. The van der Waals surface area contributed by atoms with E-state index in [1.165, 1.54) is 9.44 Å². The van der Waals surface area contributed by atoms with E-state index in [1.807, 2.05) is 47.9 Å². The topological polar surface area (TPSA) is 54.6 Å². The molecule has 0 saturated heterocycles. The maximum atomic E-state index is 12.2. The van der Waals surface area contributed by atoms with Gasteiger partial charge in [-0.3, -0.25) is 14.4 Å². The van der Waals surface area contributed by atoms with Gasteiger partial charge in [-0.05, 0) is 41.3 Å². The molecule has 0 saturated carbocycles. The predicted molar refractivity (Wildman–Crippen MR) is 100 cm³/mol. The molecule has 0 amide bonds. The molecule has 24 heavy (non-hydrogen) atoms. The van der Waals surface area contributed by atoms with Gasteiger partial charge in [-0.15, -0.1) is 11.3 Å². The van der Waals surface area contributed by atoms with E-state index >= 15 is 0 Å². The molecule has 4 nitrogen and oxygen atoms in total. The maximum absolute atomic E-state index is 12.2. The van der Waals surface area contributed by atoms with E-state index in [1.54, 1.807) is 17.6 Å². The Morgan fingerprint density at radius 3 is 3.00 bits per heavy atom. The molecule has 1 aliphatic heterocycles. The van der Waals surface area contributed by atoms with E-state index in [0.29, 0.717) is 11.4 Å². The number of rotatable bonds is 4. The highest BCUT2D eigenvalue weighted by Crippen LogP contribution is 2.21. The van der Waals surface area contributed by atoms with Crippen molar-refractivity contribution in [1.29, 1.82) is 0 Å². The van der Waals surface area contributed by atoms with Crippen molar-refractivity contribution in [2.45, 2.75) is 13.0 Å². The predicted octanol–water partition coefficient (Wildman–Crippen LogP) is 2.24. The number of hydrogen-bond donors (Lipinski definition) is 1. The average Bonchev–Trinajstić information content (AvgIpc) is 3.29. The molecule has 0 radical (unpaired) electrons.